The maximum atomic E-state index is 12.5. The molecule has 3 aromatic carbocycles. The number of nitro benzene ring substituents is 1. The third kappa shape index (κ3) is 6.01. The highest BCUT2D eigenvalue weighted by Gasteiger charge is 2.36. The van der Waals surface area contributed by atoms with Crippen molar-refractivity contribution in [2.75, 3.05) is 25.2 Å². The normalized spacial score (nSPS) is 14.6. The summed E-state index contributed by atoms with van der Waals surface area (Å²) >= 11 is 0. The maximum Gasteiger partial charge on any atom is 0.343 e. The Bertz CT molecular complexity index is 1380. The van der Waals surface area contributed by atoms with Gasteiger partial charge < -0.3 is 19.1 Å². The fourth-order valence-electron chi connectivity index (χ4n) is 3.83. The molecule has 1 saturated heterocycles. The van der Waals surface area contributed by atoms with Crippen molar-refractivity contribution in [1.82, 2.24) is 0 Å². The summed E-state index contributed by atoms with van der Waals surface area (Å²) in [6.45, 7) is -0.485. The van der Waals surface area contributed by atoms with E-state index in [4.69, 9.17) is 14.2 Å². The predicted molar refractivity (Wildman–Crippen MR) is 133 cm³/mol. The van der Waals surface area contributed by atoms with E-state index in [1.165, 1.54) is 66.6 Å². The van der Waals surface area contributed by atoms with Crippen LogP contribution < -0.4 is 14.4 Å². The highest BCUT2D eigenvalue weighted by molar-refractivity contribution is 6.01. The maximum absolute atomic E-state index is 12.5. The molecule has 0 aromatic heterocycles. The van der Waals surface area contributed by atoms with Crippen LogP contribution in [0.2, 0.25) is 0 Å². The highest BCUT2D eigenvalue weighted by atomic mass is 16.6. The molecule has 38 heavy (non-hydrogen) atoms. The van der Waals surface area contributed by atoms with E-state index in [-0.39, 0.29) is 35.9 Å². The molecule has 0 N–H and O–H groups in total. The van der Waals surface area contributed by atoms with Crippen LogP contribution in [0, 0.1) is 16.0 Å². The monoisotopic (exact) mass is 518 g/mol. The van der Waals surface area contributed by atoms with E-state index < -0.39 is 35.2 Å². The number of nitrogens with zero attached hydrogens (tertiary/aromatic N) is 2. The molecule has 1 amide bonds. The second-order valence-corrected chi connectivity index (χ2v) is 8.36. The number of carbonyl (C=O) groups is 4. The van der Waals surface area contributed by atoms with E-state index in [0.717, 1.165) is 0 Å². The number of anilines is 1. The summed E-state index contributed by atoms with van der Waals surface area (Å²) in [6.07, 6.45) is -0.0998. The van der Waals surface area contributed by atoms with E-state index in [1.54, 1.807) is 18.2 Å². The van der Waals surface area contributed by atoms with Crippen LogP contribution in [0.15, 0.2) is 72.8 Å². The quantitative estimate of drug-likeness (QED) is 0.136. The number of amides is 1. The summed E-state index contributed by atoms with van der Waals surface area (Å²) in [6, 6.07) is 17.7. The molecular weight excluding hydrogens is 496 g/mol. The molecule has 1 heterocycles. The summed E-state index contributed by atoms with van der Waals surface area (Å²) in [5, 5.41) is 10.8. The Balaban J connectivity index is 1.29. The van der Waals surface area contributed by atoms with Crippen molar-refractivity contribution in [3.63, 3.8) is 0 Å². The minimum Gasteiger partial charge on any atom is -0.497 e. The van der Waals surface area contributed by atoms with Gasteiger partial charge in [-0.25, -0.2) is 4.79 Å². The lowest BCUT2D eigenvalue weighted by atomic mass is 10.1. The van der Waals surface area contributed by atoms with Crippen molar-refractivity contribution in [2.45, 2.75) is 6.42 Å². The Hall–Kier alpha value is -5.06. The molecule has 0 spiro atoms. The van der Waals surface area contributed by atoms with Crippen LogP contribution in [0.4, 0.5) is 11.4 Å². The number of non-ortho nitro benzene ring substituents is 1. The van der Waals surface area contributed by atoms with Gasteiger partial charge in [0.05, 0.1) is 23.5 Å². The van der Waals surface area contributed by atoms with E-state index in [0.29, 0.717) is 17.0 Å². The summed E-state index contributed by atoms with van der Waals surface area (Å²) < 4.78 is 15.6. The number of benzene rings is 3. The van der Waals surface area contributed by atoms with Gasteiger partial charge in [0.2, 0.25) is 5.91 Å². The van der Waals surface area contributed by atoms with Crippen LogP contribution in [0.5, 0.6) is 11.5 Å². The number of hydrogen-bond donors (Lipinski definition) is 0. The summed E-state index contributed by atoms with van der Waals surface area (Å²) in [4.78, 5) is 61.3. The summed E-state index contributed by atoms with van der Waals surface area (Å²) in [5.74, 6) is -2.13. The lowest BCUT2D eigenvalue weighted by Crippen LogP contribution is -2.27. The number of Topliss-reactive ketones (excluding diaryl/α,β-unsaturated/α-hetero) is 1. The minimum atomic E-state index is -0.774. The molecule has 0 unspecified atom stereocenters. The van der Waals surface area contributed by atoms with Crippen molar-refractivity contribution < 1.29 is 38.3 Å². The Kier molecular flexibility index (Phi) is 7.76. The van der Waals surface area contributed by atoms with Crippen molar-refractivity contribution in [3.8, 4) is 11.5 Å². The Labute approximate surface area is 216 Å². The average molecular weight is 518 g/mol. The Morgan fingerprint density at radius 2 is 1.68 bits per heavy atom. The zero-order chi connectivity index (χ0) is 27.2. The van der Waals surface area contributed by atoms with Crippen LogP contribution in [-0.2, 0) is 14.3 Å². The number of hydrogen-bond acceptors (Lipinski definition) is 9. The van der Waals surface area contributed by atoms with E-state index in [1.807, 2.05) is 0 Å². The molecule has 0 saturated carbocycles. The summed E-state index contributed by atoms with van der Waals surface area (Å²) in [7, 11) is 1.49. The standard InChI is InChI=1S/C27H22N2O9/c1-36-23-4-2-3-18(13-23)27(33)38-22-11-5-17(6-12-22)24(30)16-37-26(32)19-14-25(31)28(15-19)20-7-9-21(10-8-20)29(34)35/h2-13,19H,14-16H2,1H3/t19-/m1/s1. The molecule has 1 aliphatic heterocycles. The van der Waals surface area contributed by atoms with Gasteiger partial charge in [0.15, 0.2) is 12.4 Å². The van der Waals surface area contributed by atoms with E-state index >= 15 is 0 Å². The lowest BCUT2D eigenvalue weighted by molar-refractivity contribution is -0.384. The predicted octanol–water partition coefficient (Wildman–Crippen LogP) is 3.60. The molecule has 11 nitrogen and oxygen atoms in total. The van der Waals surface area contributed by atoms with Gasteiger partial charge in [-0.3, -0.25) is 24.5 Å². The SMILES string of the molecule is COc1cccc(C(=O)Oc2ccc(C(=O)COC(=O)[C@@H]3CC(=O)N(c4ccc([N+](=O)[O-])cc4)C3)cc2)c1. The van der Waals surface area contributed by atoms with E-state index in [2.05, 4.69) is 0 Å². The van der Waals surface area contributed by atoms with Gasteiger partial charge in [-0.1, -0.05) is 6.07 Å². The molecule has 1 fully saturated rings. The molecule has 0 aliphatic carbocycles. The molecule has 1 aliphatic rings. The molecular formula is C27H22N2O9. The van der Waals surface area contributed by atoms with Crippen LogP contribution >= 0.6 is 0 Å². The Morgan fingerprint density at radius 1 is 0.974 bits per heavy atom. The first-order valence-corrected chi connectivity index (χ1v) is 11.5. The number of carbonyl (C=O) groups excluding carboxylic acids is 4. The fourth-order valence-corrected chi connectivity index (χ4v) is 3.83. The molecule has 4 rings (SSSR count). The number of methoxy groups -OCH3 is 1. The van der Waals surface area contributed by atoms with E-state index in [9.17, 15) is 29.3 Å². The molecule has 0 radical (unpaired) electrons. The van der Waals surface area contributed by atoms with Gasteiger partial charge in [0.25, 0.3) is 5.69 Å². The van der Waals surface area contributed by atoms with Gasteiger partial charge in [-0.05, 0) is 54.6 Å². The number of ether oxygens (including phenoxy) is 3. The van der Waals surface area contributed by atoms with Crippen molar-refractivity contribution >= 4 is 35.0 Å². The third-order valence-corrected chi connectivity index (χ3v) is 5.87. The summed E-state index contributed by atoms with van der Waals surface area (Å²) in [5.41, 5.74) is 0.861. The first-order valence-electron chi connectivity index (χ1n) is 11.5. The first-order chi connectivity index (χ1) is 18.2. The van der Waals surface area contributed by atoms with Crippen LogP contribution in [0.1, 0.15) is 27.1 Å². The van der Waals surface area contributed by atoms with Gasteiger partial charge in [-0.15, -0.1) is 0 Å². The lowest BCUT2D eigenvalue weighted by Gasteiger charge is -2.16. The third-order valence-electron chi connectivity index (χ3n) is 5.87. The largest absolute Gasteiger partial charge is 0.497 e. The fraction of sp³-hybridized carbons (Fsp3) is 0.185. The second kappa shape index (κ2) is 11.3. The van der Waals surface area contributed by atoms with Crippen molar-refractivity contribution in [2.24, 2.45) is 5.92 Å². The van der Waals surface area contributed by atoms with Crippen molar-refractivity contribution in [1.29, 1.82) is 0 Å². The number of nitro groups is 1. The number of esters is 2. The topological polar surface area (TPSA) is 142 Å². The van der Waals surface area contributed by atoms with Gasteiger partial charge in [0.1, 0.15) is 11.5 Å². The minimum absolute atomic E-state index is 0.0387. The Morgan fingerprint density at radius 3 is 2.34 bits per heavy atom. The van der Waals surface area contributed by atoms with Crippen molar-refractivity contribution in [3.05, 3.63) is 94.0 Å². The smallest absolute Gasteiger partial charge is 0.343 e. The average Bonchev–Trinajstić information content (AvgIpc) is 3.33. The highest BCUT2D eigenvalue weighted by Crippen LogP contribution is 2.27. The van der Waals surface area contributed by atoms with Crippen LogP contribution in [0.25, 0.3) is 0 Å². The number of rotatable bonds is 9. The molecule has 11 heteroatoms. The van der Waals surface area contributed by atoms with Gasteiger partial charge >= 0.3 is 11.9 Å². The zero-order valence-electron chi connectivity index (χ0n) is 20.2. The number of ketones is 1. The first kappa shape index (κ1) is 26.0. The molecule has 3 aromatic rings. The second-order valence-electron chi connectivity index (χ2n) is 8.36. The molecule has 194 valence electrons. The van der Waals surface area contributed by atoms with Crippen LogP contribution in [0.3, 0.4) is 0 Å². The van der Waals surface area contributed by atoms with Gasteiger partial charge in [0, 0.05) is 36.3 Å². The van der Waals surface area contributed by atoms with Crippen LogP contribution in [-0.4, -0.2) is 48.8 Å². The van der Waals surface area contributed by atoms with Gasteiger partial charge in [-0.2, -0.15) is 0 Å². The zero-order valence-corrected chi connectivity index (χ0v) is 20.2. The molecule has 1 atom stereocenters. The molecule has 0 bridgehead atoms.